The van der Waals surface area contributed by atoms with Crippen LogP contribution in [-0.4, -0.2) is 29.7 Å². The summed E-state index contributed by atoms with van der Waals surface area (Å²) in [5, 5.41) is 5.75. The van der Waals surface area contributed by atoms with E-state index in [1.54, 1.807) is 0 Å². The third-order valence-corrected chi connectivity index (χ3v) is 3.20. The first-order valence-corrected chi connectivity index (χ1v) is 8.67. The second-order valence-corrected chi connectivity index (χ2v) is 10.5. The van der Waals surface area contributed by atoms with Gasteiger partial charge < -0.3 is 15.4 Å². The van der Waals surface area contributed by atoms with Crippen LogP contribution < -0.4 is 10.6 Å². The van der Waals surface area contributed by atoms with E-state index in [4.69, 9.17) is 4.74 Å². The summed E-state index contributed by atoms with van der Waals surface area (Å²) in [5.41, 5.74) is -0.547. The second kappa shape index (κ2) is 7.75. The van der Waals surface area contributed by atoms with E-state index in [1.807, 2.05) is 27.7 Å². The molecule has 0 atom stereocenters. The summed E-state index contributed by atoms with van der Waals surface area (Å²) in [7, 11) is 0. The Morgan fingerprint density at radius 1 is 0.708 bits per heavy atom. The van der Waals surface area contributed by atoms with Crippen molar-refractivity contribution in [3.8, 4) is 0 Å². The van der Waals surface area contributed by atoms with Gasteiger partial charge in [0.05, 0.1) is 0 Å². The zero-order chi connectivity index (χ0) is 19.4. The molecule has 0 saturated heterocycles. The molecule has 5 nitrogen and oxygen atoms in total. The molecule has 0 unspecified atom stereocenters. The largest absolute Gasteiger partial charge is 0.439 e. The van der Waals surface area contributed by atoms with Gasteiger partial charge in [-0.1, -0.05) is 41.5 Å². The Kier molecular flexibility index (Phi) is 7.34. The highest BCUT2D eigenvalue weighted by atomic mass is 16.6. The minimum Gasteiger partial charge on any atom is -0.439 e. The highest BCUT2D eigenvalue weighted by Crippen LogP contribution is 2.27. The molecule has 0 aromatic rings. The van der Waals surface area contributed by atoms with E-state index in [1.165, 1.54) is 0 Å². The van der Waals surface area contributed by atoms with Gasteiger partial charge in [0.15, 0.2) is 6.61 Å². The van der Waals surface area contributed by atoms with Crippen molar-refractivity contribution in [2.45, 2.75) is 93.2 Å². The molecule has 0 rings (SSSR count). The Morgan fingerprint density at radius 2 is 1.08 bits per heavy atom. The standard InChI is InChI=1S/C19H38N2O3/c1-16(2,3)12-18(7,8)20-14(22)11-24-15(23)21-19(9,10)13-17(4,5)6/h11-13H2,1-10H3,(H,20,22)(H,21,23). The number of nitrogens with one attached hydrogen (secondary N) is 2. The average Bonchev–Trinajstić information content (AvgIpc) is 2.17. The maximum Gasteiger partial charge on any atom is 0.408 e. The van der Waals surface area contributed by atoms with Crippen molar-refractivity contribution in [3.05, 3.63) is 0 Å². The van der Waals surface area contributed by atoms with Gasteiger partial charge in [0.25, 0.3) is 5.91 Å². The first-order valence-electron chi connectivity index (χ1n) is 8.67. The lowest BCUT2D eigenvalue weighted by molar-refractivity contribution is -0.125. The van der Waals surface area contributed by atoms with Crippen LogP contribution in [0, 0.1) is 10.8 Å². The summed E-state index contributed by atoms with van der Waals surface area (Å²) in [6.45, 7) is 20.3. The van der Waals surface area contributed by atoms with Crippen LogP contribution in [0.3, 0.4) is 0 Å². The predicted molar refractivity (Wildman–Crippen MR) is 98.9 cm³/mol. The number of hydrogen-bond acceptors (Lipinski definition) is 3. The van der Waals surface area contributed by atoms with Crippen molar-refractivity contribution >= 4 is 12.0 Å². The summed E-state index contributed by atoms with van der Waals surface area (Å²) in [5.74, 6) is -0.284. The molecule has 0 fully saturated rings. The number of rotatable bonds is 6. The zero-order valence-corrected chi connectivity index (χ0v) is 17.3. The number of alkyl carbamates (subject to hydrolysis) is 1. The van der Waals surface area contributed by atoms with Gasteiger partial charge >= 0.3 is 6.09 Å². The molecule has 142 valence electrons. The van der Waals surface area contributed by atoms with Crippen molar-refractivity contribution in [3.63, 3.8) is 0 Å². The Labute approximate surface area is 148 Å². The van der Waals surface area contributed by atoms with Crippen molar-refractivity contribution in [2.75, 3.05) is 6.61 Å². The monoisotopic (exact) mass is 342 g/mol. The van der Waals surface area contributed by atoms with Crippen molar-refractivity contribution < 1.29 is 14.3 Å². The van der Waals surface area contributed by atoms with Crippen LogP contribution in [0.4, 0.5) is 4.79 Å². The van der Waals surface area contributed by atoms with Gasteiger partial charge in [0.2, 0.25) is 0 Å². The maximum absolute atomic E-state index is 12.0. The van der Waals surface area contributed by atoms with E-state index in [0.717, 1.165) is 12.8 Å². The summed E-state index contributed by atoms with van der Waals surface area (Å²) >= 11 is 0. The molecule has 0 saturated carbocycles. The Hall–Kier alpha value is -1.26. The molecule has 0 aromatic carbocycles. The number of amides is 2. The fourth-order valence-corrected chi connectivity index (χ4v) is 3.60. The molecule has 0 aliphatic heterocycles. The molecular weight excluding hydrogens is 304 g/mol. The minimum absolute atomic E-state index is 0.0884. The molecule has 0 spiro atoms. The Balaban J connectivity index is 4.39. The van der Waals surface area contributed by atoms with Gasteiger partial charge in [-0.15, -0.1) is 0 Å². The smallest absolute Gasteiger partial charge is 0.408 e. The van der Waals surface area contributed by atoms with E-state index in [9.17, 15) is 9.59 Å². The number of ether oxygens (including phenoxy) is 1. The van der Waals surface area contributed by atoms with Crippen LogP contribution in [0.1, 0.15) is 82.1 Å². The summed E-state index contributed by atoms with van der Waals surface area (Å²) in [6, 6.07) is 0. The molecule has 0 aliphatic rings. The molecule has 0 bridgehead atoms. The van der Waals surface area contributed by atoms with Gasteiger partial charge in [0.1, 0.15) is 0 Å². The lowest BCUT2D eigenvalue weighted by Gasteiger charge is -2.34. The molecular formula is C19H38N2O3. The average molecular weight is 343 g/mol. The third-order valence-electron chi connectivity index (χ3n) is 3.20. The quantitative estimate of drug-likeness (QED) is 0.758. The first kappa shape index (κ1) is 22.7. The van der Waals surface area contributed by atoms with Crippen LogP contribution in [-0.2, 0) is 9.53 Å². The van der Waals surface area contributed by atoms with Gasteiger partial charge in [-0.25, -0.2) is 4.79 Å². The topological polar surface area (TPSA) is 67.4 Å². The molecule has 2 amide bonds. The zero-order valence-electron chi connectivity index (χ0n) is 17.3. The number of carbonyl (C=O) groups excluding carboxylic acids is 2. The van der Waals surface area contributed by atoms with Gasteiger partial charge in [-0.05, 0) is 51.4 Å². The normalized spacial score (nSPS) is 13.4. The first-order chi connectivity index (χ1) is 10.4. The van der Waals surface area contributed by atoms with Crippen molar-refractivity contribution in [1.29, 1.82) is 0 Å². The molecule has 2 N–H and O–H groups in total. The van der Waals surface area contributed by atoms with Crippen LogP contribution in [0.15, 0.2) is 0 Å². The van der Waals surface area contributed by atoms with E-state index in [2.05, 4.69) is 52.2 Å². The van der Waals surface area contributed by atoms with Crippen LogP contribution in [0.25, 0.3) is 0 Å². The number of hydrogen-bond donors (Lipinski definition) is 2. The molecule has 0 radical (unpaired) electrons. The SMILES string of the molecule is CC(C)(C)CC(C)(C)NC(=O)COC(=O)NC(C)(C)CC(C)(C)C. The number of carbonyl (C=O) groups is 2. The fourth-order valence-electron chi connectivity index (χ4n) is 3.60. The second-order valence-electron chi connectivity index (χ2n) is 10.5. The van der Waals surface area contributed by atoms with Crippen LogP contribution in [0.2, 0.25) is 0 Å². The molecule has 0 aliphatic carbocycles. The molecule has 0 aromatic heterocycles. The molecule has 24 heavy (non-hydrogen) atoms. The Morgan fingerprint density at radius 3 is 1.46 bits per heavy atom. The summed E-state index contributed by atoms with van der Waals surface area (Å²) in [6.07, 6.45) is 1.07. The Bertz CT molecular complexity index is 399. The lowest BCUT2D eigenvalue weighted by Crippen LogP contribution is -2.49. The van der Waals surface area contributed by atoms with Gasteiger partial charge in [-0.3, -0.25) is 4.79 Å². The molecule has 5 heteroatoms. The predicted octanol–water partition coefficient (Wildman–Crippen LogP) is 4.26. The lowest BCUT2D eigenvalue weighted by atomic mass is 9.82. The summed E-state index contributed by atoms with van der Waals surface area (Å²) in [4.78, 5) is 24.0. The van der Waals surface area contributed by atoms with E-state index < -0.39 is 11.6 Å². The van der Waals surface area contributed by atoms with Gasteiger partial charge in [0, 0.05) is 11.1 Å². The van der Waals surface area contributed by atoms with Gasteiger partial charge in [-0.2, -0.15) is 0 Å². The van der Waals surface area contributed by atoms with E-state index in [0.29, 0.717) is 0 Å². The van der Waals surface area contributed by atoms with Crippen LogP contribution >= 0.6 is 0 Å². The summed E-state index contributed by atoms with van der Waals surface area (Å²) < 4.78 is 5.07. The van der Waals surface area contributed by atoms with E-state index >= 15 is 0 Å². The highest BCUT2D eigenvalue weighted by molar-refractivity contribution is 5.80. The fraction of sp³-hybridized carbons (Fsp3) is 0.895. The van der Waals surface area contributed by atoms with Crippen molar-refractivity contribution in [2.24, 2.45) is 10.8 Å². The molecule has 0 heterocycles. The maximum atomic E-state index is 12.0. The minimum atomic E-state index is -0.562. The van der Waals surface area contributed by atoms with Crippen LogP contribution in [0.5, 0.6) is 0 Å². The van der Waals surface area contributed by atoms with E-state index in [-0.39, 0.29) is 28.9 Å². The third kappa shape index (κ3) is 12.2. The van der Waals surface area contributed by atoms with Crippen molar-refractivity contribution in [1.82, 2.24) is 10.6 Å². The highest BCUT2D eigenvalue weighted by Gasteiger charge is 2.29.